The van der Waals surface area contributed by atoms with Gasteiger partial charge in [-0.1, -0.05) is 6.07 Å². The molecule has 11 nitrogen and oxygen atoms in total. The van der Waals surface area contributed by atoms with Crippen molar-refractivity contribution in [2.24, 2.45) is 0 Å². The largest absolute Gasteiger partial charge is 0.497 e. The lowest BCUT2D eigenvalue weighted by Gasteiger charge is -2.36. The van der Waals surface area contributed by atoms with Crippen LogP contribution < -0.4 is 25.1 Å². The fraction of sp³-hybridized carbons (Fsp3) is 0.276. The van der Waals surface area contributed by atoms with Crippen LogP contribution in [0.15, 0.2) is 79.4 Å². The van der Waals surface area contributed by atoms with Crippen LogP contribution in [0.5, 0.6) is 11.5 Å². The summed E-state index contributed by atoms with van der Waals surface area (Å²) in [5.41, 5.74) is 2.54. The highest BCUT2D eigenvalue weighted by Crippen LogP contribution is 2.29. The fourth-order valence-corrected chi connectivity index (χ4v) is 4.67. The van der Waals surface area contributed by atoms with Crippen LogP contribution in [0.25, 0.3) is 0 Å². The first-order chi connectivity index (χ1) is 20.3. The van der Waals surface area contributed by atoms with E-state index in [4.69, 9.17) is 9.47 Å². The Kier molecular flexibility index (Phi) is 8.79. The molecular weight excluding hydrogens is 548 g/mol. The van der Waals surface area contributed by atoms with Crippen LogP contribution in [-0.4, -0.2) is 70.8 Å². The van der Waals surface area contributed by atoms with Crippen molar-refractivity contribution in [3.63, 3.8) is 0 Å². The van der Waals surface area contributed by atoms with Crippen molar-refractivity contribution >= 4 is 17.4 Å². The summed E-state index contributed by atoms with van der Waals surface area (Å²) in [5.74, 6) is -0.455. The number of amides is 2. The number of aromatic nitrogens is 3. The van der Waals surface area contributed by atoms with Gasteiger partial charge in [-0.2, -0.15) is 5.10 Å². The lowest BCUT2D eigenvalue weighted by Crippen LogP contribution is -2.54. The minimum Gasteiger partial charge on any atom is -0.497 e. The first kappa shape index (κ1) is 28.8. The number of benzene rings is 3. The van der Waals surface area contributed by atoms with Crippen LogP contribution >= 0.6 is 0 Å². The zero-order valence-electron chi connectivity index (χ0n) is 22.9. The molecule has 1 aromatic heterocycles. The second-order valence-corrected chi connectivity index (χ2v) is 9.80. The Hall–Kier alpha value is -4.75. The highest BCUT2D eigenvalue weighted by Gasteiger charge is 2.35. The number of carbonyl (C=O) groups is 1. The van der Waals surface area contributed by atoms with Gasteiger partial charge >= 0.3 is 6.03 Å². The van der Waals surface area contributed by atoms with Gasteiger partial charge in [0, 0.05) is 49.2 Å². The molecule has 13 heteroatoms. The highest BCUT2D eigenvalue weighted by molar-refractivity contribution is 5.88. The van der Waals surface area contributed by atoms with E-state index >= 15 is 0 Å². The number of carbonyl (C=O) groups excluding carboxylic acids is 1. The molecule has 0 saturated carbocycles. The van der Waals surface area contributed by atoms with Crippen LogP contribution in [0.1, 0.15) is 5.56 Å². The number of halogens is 2. The third kappa shape index (κ3) is 7.11. The molecule has 1 atom stereocenters. The predicted molar refractivity (Wildman–Crippen MR) is 151 cm³/mol. The van der Waals surface area contributed by atoms with E-state index in [1.807, 2.05) is 17.1 Å². The van der Waals surface area contributed by atoms with E-state index in [9.17, 15) is 18.7 Å². The van der Waals surface area contributed by atoms with Gasteiger partial charge in [-0.15, -0.1) is 0 Å². The summed E-state index contributed by atoms with van der Waals surface area (Å²) in [6.07, 6.45) is 2.69. The molecule has 1 aliphatic rings. The Balaban J connectivity index is 1.14. The summed E-state index contributed by atoms with van der Waals surface area (Å²) in [6, 6.07) is 17.1. The van der Waals surface area contributed by atoms with Gasteiger partial charge in [-0.05, 0) is 54.6 Å². The second-order valence-electron chi connectivity index (χ2n) is 9.80. The summed E-state index contributed by atoms with van der Waals surface area (Å²) in [4.78, 5) is 18.4. The van der Waals surface area contributed by atoms with Crippen molar-refractivity contribution in [2.45, 2.75) is 12.1 Å². The van der Waals surface area contributed by atoms with Crippen molar-refractivity contribution < 1.29 is 28.2 Å². The Morgan fingerprint density at radius 2 is 1.71 bits per heavy atom. The maximum absolute atomic E-state index is 14.6. The van der Waals surface area contributed by atoms with Crippen LogP contribution in [-0.2, 0) is 12.1 Å². The van der Waals surface area contributed by atoms with Gasteiger partial charge < -0.3 is 24.8 Å². The average Bonchev–Trinajstić information content (AvgIpc) is 3.50. The second kappa shape index (κ2) is 12.8. The molecule has 1 saturated heterocycles. The Bertz CT molecular complexity index is 1460. The van der Waals surface area contributed by atoms with Crippen LogP contribution in [0, 0.1) is 11.6 Å². The monoisotopic (exact) mass is 579 g/mol. The lowest BCUT2D eigenvalue weighted by atomic mass is 9.94. The van der Waals surface area contributed by atoms with E-state index < -0.39 is 17.2 Å². The molecule has 0 radical (unpaired) electrons. The number of nitrogens with zero attached hydrogens (tertiary/aromatic N) is 5. The van der Waals surface area contributed by atoms with E-state index in [1.54, 1.807) is 43.5 Å². The van der Waals surface area contributed by atoms with Gasteiger partial charge in [0.1, 0.15) is 48.0 Å². The molecule has 0 spiro atoms. The molecule has 2 amide bonds. The third-order valence-corrected chi connectivity index (χ3v) is 6.89. The molecule has 1 fully saturated rings. The standard InChI is InChI=1S/C29H31F2N7O4/c1-41-24-7-3-22(4-8-24)34-28(39)35-37-14-12-36(13-15-37)23-5-9-25(10-6-23)42-18-29(40,17-38-20-32-19-33-38)26-11-2-21(30)16-27(26)31/h2-11,16,19-20,40H,12-15,17-18H2,1H3,(H2,34,35,39). The number of hydrogen-bond acceptors (Lipinski definition) is 8. The summed E-state index contributed by atoms with van der Waals surface area (Å²) in [7, 11) is 1.58. The van der Waals surface area contributed by atoms with Crippen molar-refractivity contribution in [3.8, 4) is 11.5 Å². The Morgan fingerprint density at radius 1 is 1.00 bits per heavy atom. The third-order valence-electron chi connectivity index (χ3n) is 6.89. The first-order valence-corrected chi connectivity index (χ1v) is 13.3. The van der Waals surface area contributed by atoms with Gasteiger partial charge in [0.15, 0.2) is 0 Å². The lowest BCUT2D eigenvalue weighted by molar-refractivity contribution is -0.0297. The van der Waals surface area contributed by atoms with E-state index in [0.29, 0.717) is 43.4 Å². The first-order valence-electron chi connectivity index (χ1n) is 13.3. The van der Waals surface area contributed by atoms with Crippen LogP contribution in [0.2, 0.25) is 0 Å². The molecule has 3 aromatic carbocycles. The number of urea groups is 1. The molecule has 0 bridgehead atoms. The van der Waals surface area contributed by atoms with Gasteiger partial charge in [0.05, 0.1) is 13.7 Å². The molecule has 5 rings (SSSR count). The van der Waals surface area contributed by atoms with Gasteiger partial charge in [-0.3, -0.25) is 5.43 Å². The molecule has 1 aliphatic heterocycles. The van der Waals surface area contributed by atoms with Crippen molar-refractivity contribution in [1.29, 1.82) is 0 Å². The molecule has 2 heterocycles. The maximum Gasteiger partial charge on any atom is 0.333 e. The molecule has 42 heavy (non-hydrogen) atoms. The average molecular weight is 580 g/mol. The Morgan fingerprint density at radius 3 is 2.36 bits per heavy atom. The quantitative estimate of drug-likeness (QED) is 0.262. The summed E-state index contributed by atoms with van der Waals surface area (Å²) < 4.78 is 40.5. The Labute approximate surface area is 241 Å². The minimum absolute atomic E-state index is 0.111. The number of piperazine rings is 1. The minimum atomic E-state index is -1.84. The van der Waals surface area contributed by atoms with E-state index in [0.717, 1.165) is 17.8 Å². The normalized spacial score (nSPS) is 15.1. The van der Waals surface area contributed by atoms with Crippen LogP contribution in [0.4, 0.5) is 25.0 Å². The number of nitrogens with one attached hydrogen (secondary N) is 2. The van der Waals surface area contributed by atoms with Crippen molar-refractivity contribution in [2.75, 3.05) is 50.1 Å². The number of rotatable bonds is 10. The molecule has 0 aliphatic carbocycles. The molecule has 4 aromatic rings. The highest BCUT2D eigenvalue weighted by atomic mass is 19.1. The molecule has 3 N–H and O–H groups in total. The summed E-state index contributed by atoms with van der Waals surface area (Å²) >= 11 is 0. The van der Waals surface area contributed by atoms with Crippen LogP contribution in [0.3, 0.4) is 0 Å². The number of anilines is 2. The smallest absolute Gasteiger partial charge is 0.333 e. The number of hydrazine groups is 1. The molecular formula is C29H31F2N7O4. The summed E-state index contributed by atoms with van der Waals surface area (Å²) in [6.45, 7) is 2.15. The maximum atomic E-state index is 14.6. The SMILES string of the molecule is COc1ccc(NC(=O)NN2CCN(c3ccc(OCC(O)(Cn4cncn4)c4ccc(F)cc4F)cc3)CC2)cc1. The number of ether oxygens (including phenoxy) is 2. The fourth-order valence-electron chi connectivity index (χ4n) is 4.67. The van der Waals surface area contributed by atoms with Crippen molar-refractivity contribution in [1.82, 2.24) is 25.2 Å². The van der Waals surface area contributed by atoms with Gasteiger partial charge in [0.25, 0.3) is 0 Å². The number of aliphatic hydroxyl groups is 1. The number of methoxy groups -OCH3 is 1. The summed E-state index contributed by atoms with van der Waals surface area (Å²) in [5, 5.41) is 20.1. The van der Waals surface area contributed by atoms with E-state index in [2.05, 4.69) is 25.7 Å². The zero-order chi connectivity index (χ0) is 29.5. The number of hydrogen-bond donors (Lipinski definition) is 3. The van der Waals surface area contributed by atoms with E-state index in [1.165, 1.54) is 23.4 Å². The van der Waals surface area contributed by atoms with Gasteiger partial charge in [-0.25, -0.2) is 28.3 Å². The zero-order valence-corrected chi connectivity index (χ0v) is 22.9. The molecule has 1 unspecified atom stereocenters. The van der Waals surface area contributed by atoms with Crippen molar-refractivity contribution in [3.05, 3.63) is 96.6 Å². The van der Waals surface area contributed by atoms with E-state index in [-0.39, 0.29) is 24.7 Å². The van der Waals surface area contributed by atoms with Gasteiger partial charge in [0.2, 0.25) is 0 Å². The predicted octanol–water partition coefficient (Wildman–Crippen LogP) is 3.39. The molecule has 220 valence electrons. The topological polar surface area (TPSA) is 117 Å².